The molecule has 3 rings (SSSR count). The molecule has 1 aliphatic heterocycles. The molecule has 0 bridgehead atoms. The standard InChI is InChI=1S/C16H20FN5O2/c1-11(2)22-9-14(19-20-22)16(24)4-3-5-21(10-16)15(23)12-6-13(17)8-18-7-12/h6-9,11,24H,3-5,10H2,1-2H3/t16-/m0/s1. The largest absolute Gasteiger partial charge is 0.382 e. The molecular weight excluding hydrogens is 313 g/mol. The van der Waals surface area contributed by atoms with E-state index in [-0.39, 0.29) is 24.1 Å². The van der Waals surface area contributed by atoms with Crippen LogP contribution in [0, 0.1) is 5.82 Å². The molecule has 1 N–H and O–H groups in total. The fourth-order valence-corrected chi connectivity index (χ4v) is 2.87. The van der Waals surface area contributed by atoms with Gasteiger partial charge in [-0.25, -0.2) is 9.07 Å². The van der Waals surface area contributed by atoms with E-state index in [1.54, 1.807) is 10.9 Å². The highest BCUT2D eigenvalue weighted by Crippen LogP contribution is 2.31. The van der Waals surface area contributed by atoms with Crippen LogP contribution in [0.2, 0.25) is 0 Å². The predicted octanol–water partition coefficient (Wildman–Crippen LogP) is 1.52. The van der Waals surface area contributed by atoms with E-state index < -0.39 is 11.4 Å². The molecule has 0 aromatic carbocycles. The van der Waals surface area contributed by atoms with Crippen molar-refractivity contribution in [3.63, 3.8) is 0 Å². The third kappa shape index (κ3) is 3.14. The number of amides is 1. The number of aromatic nitrogens is 4. The Kier molecular flexibility index (Phi) is 4.31. The van der Waals surface area contributed by atoms with Gasteiger partial charge in [-0.05, 0) is 32.8 Å². The van der Waals surface area contributed by atoms with Crippen LogP contribution in [0.4, 0.5) is 4.39 Å². The molecule has 0 aliphatic carbocycles. The number of rotatable bonds is 3. The fourth-order valence-electron chi connectivity index (χ4n) is 2.87. The summed E-state index contributed by atoms with van der Waals surface area (Å²) >= 11 is 0. The van der Waals surface area contributed by atoms with E-state index in [2.05, 4.69) is 15.3 Å². The summed E-state index contributed by atoms with van der Waals surface area (Å²) in [5.74, 6) is -0.913. The highest BCUT2D eigenvalue weighted by atomic mass is 19.1. The Balaban J connectivity index is 1.81. The quantitative estimate of drug-likeness (QED) is 0.920. The zero-order valence-corrected chi connectivity index (χ0v) is 13.7. The Bertz CT molecular complexity index is 748. The van der Waals surface area contributed by atoms with Crippen LogP contribution in [0.1, 0.15) is 48.8 Å². The lowest BCUT2D eigenvalue weighted by Gasteiger charge is -2.38. The number of halogens is 1. The van der Waals surface area contributed by atoms with E-state index in [1.807, 2.05) is 13.8 Å². The summed E-state index contributed by atoms with van der Waals surface area (Å²) in [4.78, 5) is 17.8. The molecule has 8 heteroatoms. The van der Waals surface area contributed by atoms with Gasteiger partial charge in [-0.1, -0.05) is 5.21 Å². The van der Waals surface area contributed by atoms with Gasteiger partial charge in [0.1, 0.15) is 17.1 Å². The van der Waals surface area contributed by atoms with E-state index in [9.17, 15) is 14.3 Å². The number of aliphatic hydroxyl groups is 1. The van der Waals surface area contributed by atoms with Gasteiger partial charge < -0.3 is 10.0 Å². The summed E-state index contributed by atoms with van der Waals surface area (Å²) in [6, 6.07) is 1.28. The van der Waals surface area contributed by atoms with Gasteiger partial charge in [0.2, 0.25) is 0 Å². The maximum absolute atomic E-state index is 13.3. The number of pyridine rings is 1. The third-order valence-electron chi connectivity index (χ3n) is 4.23. The number of nitrogens with zero attached hydrogens (tertiary/aromatic N) is 5. The zero-order valence-electron chi connectivity index (χ0n) is 13.7. The van der Waals surface area contributed by atoms with Gasteiger partial charge in [0.25, 0.3) is 5.91 Å². The number of carbonyl (C=O) groups excluding carboxylic acids is 1. The van der Waals surface area contributed by atoms with Gasteiger partial charge >= 0.3 is 0 Å². The predicted molar refractivity (Wildman–Crippen MR) is 83.6 cm³/mol. The minimum absolute atomic E-state index is 0.0964. The Morgan fingerprint density at radius 3 is 2.88 bits per heavy atom. The minimum atomic E-state index is -1.25. The summed E-state index contributed by atoms with van der Waals surface area (Å²) in [6.45, 7) is 4.53. The number of hydrogen-bond acceptors (Lipinski definition) is 5. The number of likely N-dealkylation sites (tertiary alicyclic amines) is 1. The first-order chi connectivity index (χ1) is 11.4. The van der Waals surface area contributed by atoms with Crippen molar-refractivity contribution >= 4 is 5.91 Å². The van der Waals surface area contributed by atoms with Gasteiger partial charge in [-0.2, -0.15) is 0 Å². The van der Waals surface area contributed by atoms with Crippen LogP contribution in [-0.2, 0) is 5.60 Å². The second-order valence-electron chi connectivity index (χ2n) is 6.43. The summed E-state index contributed by atoms with van der Waals surface area (Å²) in [6.07, 6.45) is 5.21. The summed E-state index contributed by atoms with van der Waals surface area (Å²) in [5.41, 5.74) is -0.627. The van der Waals surface area contributed by atoms with Gasteiger partial charge in [0.05, 0.1) is 24.5 Å². The van der Waals surface area contributed by atoms with Crippen molar-refractivity contribution < 1.29 is 14.3 Å². The SMILES string of the molecule is CC(C)n1cc([C@]2(O)CCCN(C(=O)c3cncc(F)c3)C2)nn1. The number of carbonyl (C=O) groups is 1. The first-order valence-corrected chi connectivity index (χ1v) is 7.93. The minimum Gasteiger partial charge on any atom is -0.382 e. The number of piperidine rings is 1. The molecule has 0 radical (unpaired) electrons. The van der Waals surface area contributed by atoms with E-state index >= 15 is 0 Å². The molecular formula is C16H20FN5O2. The van der Waals surface area contributed by atoms with E-state index in [0.29, 0.717) is 25.1 Å². The maximum atomic E-state index is 13.3. The van der Waals surface area contributed by atoms with Gasteiger partial charge in [-0.15, -0.1) is 5.10 Å². The Hall–Kier alpha value is -2.35. The molecule has 0 spiro atoms. The third-order valence-corrected chi connectivity index (χ3v) is 4.23. The second-order valence-corrected chi connectivity index (χ2v) is 6.43. The Morgan fingerprint density at radius 1 is 1.42 bits per heavy atom. The molecule has 7 nitrogen and oxygen atoms in total. The van der Waals surface area contributed by atoms with Crippen LogP contribution in [0.5, 0.6) is 0 Å². The lowest BCUT2D eigenvalue weighted by atomic mass is 9.89. The summed E-state index contributed by atoms with van der Waals surface area (Å²) < 4.78 is 15.0. The fraction of sp³-hybridized carbons (Fsp3) is 0.500. The number of β-amino-alcohol motifs (C(OH)–C–C–N with tert-alkyl or cyclic N) is 1. The Labute approximate surface area is 139 Å². The van der Waals surface area contributed by atoms with E-state index in [0.717, 1.165) is 12.3 Å². The lowest BCUT2D eigenvalue weighted by Crippen LogP contribution is -2.48. The average molecular weight is 333 g/mol. The molecule has 1 amide bonds. The van der Waals surface area contributed by atoms with Crippen LogP contribution in [-0.4, -0.2) is 49.0 Å². The first kappa shape index (κ1) is 16.5. The van der Waals surface area contributed by atoms with Crippen molar-refractivity contribution in [2.24, 2.45) is 0 Å². The molecule has 128 valence electrons. The van der Waals surface area contributed by atoms with Crippen LogP contribution < -0.4 is 0 Å². The van der Waals surface area contributed by atoms with Crippen LogP contribution in [0.3, 0.4) is 0 Å². The molecule has 1 saturated heterocycles. The maximum Gasteiger partial charge on any atom is 0.255 e. The monoisotopic (exact) mass is 333 g/mol. The van der Waals surface area contributed by atoms with Gasteiger partial charge in [0, 0.05) is 18.8 Å². The van der Waals surface area contributed by atoms with Crippen LogP contribution in [0.25, 0.3) is 0 Å². The van der Waals surface area contributed by atoms with E-state index in [4.69, 9.17) is 0 Å². The topological polar surface area (TPSA) is 84.1 Å². The van der Waals surface area contributed by atoms with Crippen molar-refractivity contribution in [3.8, 4) is 0 Å². The Morgan fingerprint density at radius 2 is 2.21 bits per heavy atom. The average Bonchev–Trinajstić information content (AvgIpc) is 3.05. The van der Waals surface area contributed by atoms with E-state index in [1.165, 1.54) is 11.1 Å². The highest BCUT2D eigenvalue weighted by Gasteiger charge is 2.39. The summed E-state index contributed by atoms with van der Waals surface area (Å²) in [5, 5.41) is 19.0. The van der Waals surface area contributed by atoms with Crippen molar-refractivity contribution in [3.05, 3.63) is 41.7 Å². The van der Waals surface area contributed by atoms with Crippen molar-refractivity contribution in [1.82, 2.24) is 24.9 Å². The smallest absolute Gasteiger partial charge is 0.255 e. The molecule has 24 heavy (non-hydrogen) atoms. The van der Waals surface area contributed by atoms with Crippen LogP contribution in [0.15, 0.2) is 24.7 Å². The van der Waals surface area contributed by atoms with Gasteiger partial charge in [0.15, 0.2) is 0 Å². The molecule has 0 saturated carbocycles. The van der Waals surface area contributed by atoms with Gasteiger partial charge in [-0.3, -0.25) is 9.78 Å². The van der Waals surface area contributed by atoms with Crippen molar-refractivity contribution in [1.29, 1.82) is 0 Å². The molecule has 2 aromatic rings. The molecule has 0 unspecified atom stereocenters. The number of hydrogen-bond donors (Lipinski definition) is 1. The van der Waals surface area contributed by atoms with Crippen molar-refractivity contribution in [2.45, 2.75) is 38.3 Å². The van der Waals surface area contributed by atoms with Crippen molar-refractivity contribution in [2.75, 3.05) is 13.1 Å². The zero-order chi connectivity index (χ0) is 17.3. The first-order valence-electron chi connectivity index (χ1n) is 7.93. The molecule has 1 fully saturated rings. The lowest BCUT2D eigenvalue weighted by molar-refractivity contribution is -0.0320. The molecule has 3 heterocycles. The normalized spacial score (nSPS) is 21.3. The highest BCUT2D eigenvalue weighted by molar-refractivity contribution is 5.94. The van der Waals surface area contributed by atoms with Crippen LogP contribution >= 0.6 is 0 Å². The molecule has 2 aromatic heterocycles. The second kappa shape index (κ2) is 6.27. The molecule has 1 atom stereocenters. The summed E-state index contributed by atoms with van der Waals surface area (Å²) in [7, 11) is 0. The molecule has 1 aliphatic rings.